The van der Waals surface area contributed by atoms with E-state index in [1.165, 1.54) is 16.0 Å². The van der Waals surface area contributed by atoms with E-state index in [1.54, 1.807) is 19.9 Å². The summed E-state index contributed by atoms with van der Waals surface area (Å²) in [5.41, 5.74) is 1.57. The first-order chi connectivity index (χ1) is 12.5. The summed E-state index contributed by atoms with van der Waals surface area (Å²) in [5, 5.41) is 9.21. The molecule has 0 aliphatic carbocycles. The number of anilines is 1. The lowest BCUT2D eigenvalue weighted by Gasteiger charge is -2.09. The van der Waals surface area contributed by atoms with Crippen molar-refractivity contribution >= 4 is 23.1 Å². The van der Waals surface area contributed by atoms with Crippen molar-refractivity contribution in [3.05, 3.63) is 45.2 Å². The normalized spacial score (nSPS) is 10.9. The fourth-order valence-electron chi connectivity index (χ4n) is 2.28. The van der Waals surface area contributed by atoms with Crippen molar-refractivity contribution in [1.29, 1.82) is 0 Å². The highest BCUT2D eigenvalue weighted by atomic mass is 32.1. The molecule has 0 aliphatic heterocycles. The van der Waals surface area contributed by atoms with Crippen LogP contribution in [0, 0.1) is 13.8 Å². The molecule has 0 saturated heterocycles. The molecule has 3 heterocycles. The number of thiophene rings is 1. The van der Waals surface area contributed by atoms with Gasteiger partial charge in [-0.2, -0.15) is 9.78 Å². The number of aryl methyl sites for hydroxylation is 1. The van der Waals surface area contributed by atoms with Crippen LogP contribution in [0.15, 0.2) is 28.4 Å². The van der Waals surface area contributed by atoms with Crippen LogP contribution in [-0.2, 0) is 9.53 Å². The van der Waals surface area contributed by atoms with Crippen LogP contribution in [0.4, 0.5) is 5.82 Å². The van der Waals surface area contributed by atoms with Gasteiger partial charge in [0.15, 0.2) is 0 Å². The lowest BCUT2D eigenvalue weighted by atomic mass is 10.3. The quantitative estimate of drug-likeness (QED) is 0.690. The number of aromatic nitrogens is 4. The molecule has 3 aromatic heterocycles. The summed E-state index contributed by atoms with van der Waals surface area (Å²) < 4.78 is 6.56. The third kappa shape index (κ3) is 3.73. The maximum absolute atomic E-state index is 12.1. The van der Waals surface area contributed by atoms with E-state index >= 15 is 0 Å². The lowest BCUT2D eigenvalue weighted by Crippen LogP contribution is -2.22. The Morgan fingerprint density at radius 3 is 2.88 bits per heavy atom. The van der Waals surface area contributed by atoms with E-state index in [4.69, 9.17) is 4.74 Å². The van der Waals surface area contributed by atoms with Gasteiger partial charge >= 0.3 is 0 Å². The van der Waals surface area contributed by atoms with Crippen LogP contribution in [0.3, 0.4) is 0 Å². The van der Waals surface area contributed by atoms with Gasteiger partial charge in [0.05, 0.1) is 4.88 Å². The van der Waals surface area contributed by atoms with Gasteiger partial charge in [0.25, 0.3) is 11.5 Å². The molecule has 3 rings (SSSR count). The Balaban J connectivity index is 2.04. The largest absolute Gasteiger partial charge is 0.372 e. The summed E-state index contributed by atoms with van der Waals surface area (Å²) in [5.74, 6) is 0.342. The molecule has 2 N–H and O–H groups in total. The number of ether oxygens (including phenoxy) is 1. The molecule has 0 radical (unpaired) electrons. The van der Waals surface area contributed by atoms with Gasteiger partial charge in [0.2, 0.25) is 5.95 Å². The highest BCUT2D eigenvalue weighted by Gasteiger charge is 2.17. The molecule has 1 amide bonds. The first kappa shape index (κ1) is 18.0. The van der Waals surface area contributed by atoms with E-state index in [0.29, 0.717) is 29.4 Å². The summed E-state index contributed by atoms with van der Waals surface area (Å²) >= 11 is 1.53. The summed E-state index contributed by atoms with van der Waals surface area (Å²) in [6.45, 7) is 5.66. The summed E-state index contributed by atoms with van der Waals surface area (Å²) in [6.07, 6.45) is 0. The molecule has 9 heteroatoms. The third-order valence-corrected chi connectivity index (χ3v) is 4.66. The van der Waals surface area contributed by atoms with Crippen molar-refractivity contribution < 1.29 is 9.53 Å². The fourth-order valence-corrected chi connectivity index (χ4v) is 2.96. The average molecular weight is 373 g/mol. The zero-order valence-corrected chi connectivity index (χ0v) is 15.5. The summed E-state index contributed by atoms with van der Waals surface area (Å²) in [4.78, 5) is 32.2. The Morgan fingerprint density at radius 2 is 2.23 bits per heavy atom. The third-order valence-electron chi connectivity index (χ3n) is 3.77. The maximum atomic E-state index is 12.1. The molecule has 136 valence electrons. The van der Waals surface area contributed by atoms with Gasteiger partial charge in [-0.05, 0) is 32.2 Å². The molecule has 0 aromatic carbocycles. The van der Waals surface area contributed by atoms with Crippen LogP contribution in [-0.4, -0.2) is 38.9 Å². The molecular formula is C17H19N5O3S. The van der Waals surface area contributed by atoms with Crippen molar-refractivity contribution in [2.24, 2.45) is 0 Å². The molecule has 0 saturated carbocycles. The first-order valence-electron chi connectivity index (χ1n) is 8.09. The minimum atomic E-state index is -0.308. The van der Waals surface area contributed by atoms with E-state index in [1.807, 2.05) is 24.4 Å². The minimum Gasteiger partial charge on any atom is -0.372 e. The number of aromatic amines is 1. The van der Waals surface area contributed by atoms with E-state index in [-0.39, 0.29) is 24.0 Å². The lowest BCUT2D eigenvalue weighted by molar-refractivity contribution is -0.120. The number of amides is 1. The van der Waals surface area contributed by atoms with Gasteiger partial charge in [-0.25, -0.2) is 4.98 Å². The number of carbonyl (C=O) groups is 1. The number of rotatable bonds is 6. The Labute approximate surface area is 153 Å². The SMILES string of the molecule is CCOCC(=O)Nc1cc(-c2cccs2)nn1-c1nc(C)c(C)c(=O)[nH]1. The molecule has 0 spiro atoms. The molecular weight excluding hydrogens is 354 g/mol. The number of H-pyrrole nitrogens is 1. The first-order valence-corrected chi connectivity index (χ1v) is 8.97. The average Bonchev–Trinajstić information content (AvgIpc) is 3.27. The van der Waals surface area contributed by atoms with Crippen molar-refractivity contribution in [3.63, 3.8) is 0 Å². The molecule has 26 heavy (non-hydrogen) atoms. The maximum Gasteiger partial charge on any atom is 0.255 e. The Morgan fingerprint density at radius 1 is 1.42 bits per heavy atom. The van der Waals surface area contributed by atoms with Crippen molar-refractivity contribution in [1.82, 2.24) is 19.7 Å². The van der Waals surface area contributed by atoms with Crippen LogP contribution in [0.25, 0.3) is 16.5 Å². The number of nitrogens with zero attached hydrogens (tertiary/aromatic N) is 3. The topological polar surface area (TPSA) is 102 Å². The van der Waals surface area contributed by atoms with E-state index < -0.39 is 0 Å². The van der Waals surface area contributed by atoms with Crippen molar-refractivity contribution in [3.8, 4) is 16.5 Å². The van der Waals surface area contributed by atoms with Crippen LogP contribution < -0.4 is 10.9 Å². The molecule has 3 aromatic rings. The summed E-state index contributed by atoms with van der Waals surface area (Å²) in [7, 11) is 0. The summed E-state index contributed by atoms with van der Waals surface area (Å²) in [6, 6.07) is 5.59. The van der Waals surface area contributed by atoms with Crippen LogP contribution in [0.1, 0.15) is 18.2 Å². The smallest absolute Gasteiger partial charge is 0.255 e. The van der Waals surface area contributed by atoms with Gasteiger partial charge in [0, 0.05) is 23.9 Å². The highest BCUT2D eigenvalue weighted by molar-refractivity contribution is 7.13. The zero-order valence-electron chi connectivity index (χ0n) is 14.7. The monoisotopic (exact) mass is 373 g/mol. The molecule has 0 fully saturated rings. The highest BCUT2D eigenvalue weighted by Crippen LogP contribution is 2.27. The second kappa shape index (κ2) is 7.63. The molecule has 0 aliphatic rings. The standard InChI is InChI=1S/C17H19N5O3S/c1-4-25-9-15(23)19-14-8-12(13-6-5-7-26-13)21-22(14)17-18-11(3)10(2)16(24)20-17/h5-8H,4,9H2,1-3H3,(H,19,23)(H,18,20,24). The molecule has 0 unspecified atom stereocenters. The molecule has 0 atom stereocenters. The van der Waals surface area contributed by atoms with E-state index in [9.17, 15) is 9.59 Å². The number of carbonyl (C=O) groups excluding carboxylic acids is 1. The molecule has 0 bridgehead atoms. The van der Waals surface area contributed by atoms with Gasteiger partial charge < -0.3 is 10.1 Å². The second-order valence-corrected chi connectivity index (χ2v) is 6.54. The van der Waals surface area contributed by atoms with Crippen LogP contribution >= 0.6 is 11.3 Å². The minimum absolute atomic E-state index is 0.0626. The Bertz CT molecular complexity index is 975. The van der Waals surface area contributed by atoms with Crippen LogP contribution in [0.5, 0.6) is 0 Å². The van der Waals surface area contributed by atoms with Crippen molar-refractivity contribution in [2.45, 2.75) is 20.8 Å². The van der Waals surface area contributed by atoms with Gasteiger partial charge in [-0.15, -0.1) is 11.3 Å². The van der Waals surface area contributed by atoms with E-state index in [0.717, 1.165) is 4.88 Å². The predicted octanol–water partition coefficient (Wildman–Crippen LogP) is 2.28. The van der Waals surface area contributed by atoms with Crippen molar-refractivity contribution in [2.75, 3.05) is 18.5 Å². The van der Waals surface area contributed by atoms with Gasteiger partial charge in [-0.3, -0.25) is 14.6 Å². The number of hydrogen-bond donors (Lipinski definition) is 2. The second-order valence-electron chi connectivity index (χ2n) is 5.59. The zero-order chi connectivity index (χ0) is 18.7. The van der Waals surface area contributed by atoms with Crippen LogP contribution in [0.2, 0.25) is 0 Å². The Kier molecular flexibility index (Phi) is 5.29. The molecule has 8 nitrogen and oxygen atoms in total. The predicted molar refractivity (Wildman–Crippen MR) is 99.9 cm³/mol. The fraction of sp³-hybridized carbons (Fsp3) is 0.294. The van der Waals surface area contributed by atoms with Gasteiger partial charge in [-0.1, -0.05) is 6.07 Å². The number of hydrogen-bond acceptors (Lipinski definition) is 6. The van der Waals surface area contributed by atoms with E-state index in [2.05, 4.69) is 20.4 Å². The number of nitrogens with one attached hydrogen (secondary N) is 2. The van der Waals surface area contributed by atoms with Gasteiger partial charge in [0.1, 0.15) is 18.1 Å². The Hall–Kier alpha value is -2.78.